The maximum Gasteiger partial charge on any atom is 0.412 e. The predicted molar refractivity (Wildman–Crippen MR) is 153 cm³/mol. The third-order valence-corrected chi connectivity index (χ3v) is 7.82. The van der Waals surface area contributed by atoms with Crippen LogP contribution < -0.4 is 15.5 Å². The first kappa shape index (κ1) is 28.0. The zero-order valence-electron chi connectivity index (χ0n) is 22.5. The van der Waals surface area contributed by atoms with Crippen LogP contribution >= 0.6 is 11.6 Å². The highest BCUT2D eigenvalue weighted by atomic mass is 35.5. The molecule has 41 heavy (non-hydrogen) atoms. The fourth-order valence-electron chi connectivity index (χ4n) is 5.42. The van der Waals surface area contributed by atoms with E-state index in [0.29, 0.717) is 34.9 Å². The summed E-state index contributed by atoms with van der Waals surface area (Å²) in [7, 11) is 1.40. The number of carbonyl (C=O) groups excluding carboxylic acids is 3. The van der Waals surface area contributed by atoms with Gasteiger partial charge in [-0.25, -0.2) is 9.59 Å². The number of nitrogens with zero attached hydrogens (tertiary/aromatic N) is 2. The lowest BCUT2D eigenvalue weighted by Gasteiger charge is -2.37. The minimum atomic E-state index is -1.35. The van der Waals surface area contributed by atoms with Crippen LogP contribution in [0.25, 0.3) is 0 Å². The molecule has 0 aliphatic carbocycles. The molecule has 3 aromatic carbocycles. The Labute approximate surface area is 241 Å². The van der Waals surface area contributed by atoms with Gasteiger partial charge in [0.1, 0.15) is 5.54 Å². The van der Waals surface area contributed by atoms with Gasteiger partial charge < -0.3 is 20.1 Å². The maximum atomic E-state index is 14.2. The van der Waals surface area contributed by atoms with Gasteiger partial charge in [0, 0.05) is 48.3 Å². The van der Waals surface area contributed by atoms with Crippen molar-refractivity contribution in [3.63, 3.8) is 0 Å². The average molecular weight is 577 g/mol. The summed E-state index contributed by atoms with van der Waals surface area (Å²) in [5.41, 5.74) is 0.375. The third-order valence-electron chi connectivity index (χ3n) is 7.58. The highest BCUT2D eigenvalue weighted by molar-refractivity contribution is 6.30. The van der Waals surface area contributed by atoms with Gasteiger partial charge >= 0.3 is 12.2 Å². The fraction of sp³-hybridized carbons (Fsp3) is 0.267. The van der Waals surface area contributed by atoms with E-state index in [-0.39, 0.29) is 24.4 Å². The van der Waals surface area contributed by atoms with Crippen molar-refractivity contribution in [3.05, 3.63) is 94.5 Å². The zero-order valence-corrected chi connectivity index (χ0v) is 23.3. The normalized spacial score (nSPS) is 19.0. The number of fused-ring (bicyclic) bond motifs is 2. The molecule has 2 aliphatic rings. The first-order chi connectivity index (χ1) is 19.5. The Balaban J connectivity index is 1.42. The van der Waals surface area contributed by atoms with E-state index in [0.717, 1.165) is 10.5 Å². The maximum absolute atomic E-state index is 14.2. The minimum absolute atomic E-state index is 0.100. The van der Waals surface area contributed by atoms with Crippen LogP contribution in [-0.2, 0) is 21.6 Å². The molecule has 1 fully saturated rings. The Morgan fingerprint density at radius 1 is 1.12 bits per heavy atom. The molecule has 10 nitrogen and oxygen atoms in total. The van der Waals surface area contributed by atoms with Gasteiger partial charge in [-0.15, -0.1) is 0 Å². The van der Waals surface area contributed by atoms with Gasteiger partial charge in [0.15, 0.2) is 5.60 Å². The molecule has 0 aromatic heterocycles. The molecule has 2 aliphatic heterocycles. The number of benzene rings is 3. The van der Waals surface area contributed by atoms with Crippen LogP contribution in [0.1, 0.15) is 34.8 Å². The highest BCUT2D eigenvalue weighted by Gasteiger charge is 2.51. The molecule has 2 atom stereocenters. The van der Waals surface area contributed by atoms with Crippen molar-refractivity contribution in [2.75, 3.05) is 30.4 Å². The van der Waals surface area contributed by atoms with Gasteiger partial charge in [0.05, 0.1) is 12.2 Å². The topological polar surface area (TPSA) is 128 Å². The van der Waals surface area contributed by atoms with E-state index in [9.17, 15) is 24.3 Å². The number of hydrogen-bond donors (Lipinski definition) is 3. The van der Waals surface area contributed by atoms with E-state index < -0.39 is 29.2 Å². The number of hydrogen-bond acceptors (Lipinski definition) is 5. The lowest BCUT2D eigenvalue weighted by molar-refractivity contribution is -0.137. The number of rotatable bonds is 6. The van der Waals surface area contributed by atoms with E-state index in [2.05, 4.69) is 10.6 Å². The van der Waals surface area contributed by atoms with Crippen molar-refractivity contribution in [3.8, 4) is 0 Å². The summed E-state index contributed by atoms with van der Waals surface area (Å²) < 4.78 is 5.79. The Bertz CT molecular complexity index is 1520. The summed E-state index contributed by atoms with van der Waals surface area (Å²) in [4.78, 5) is 54.0. The van der Waals surface area contributed by atoms with Gasteiger partial charge in [-0.2, -0.15) is 0 Å². The number of carbonyl (C=O) groups is 4. The van der Waals surface area contributed by atoms with Crippen LogP contribution in [0.2, 0.25) is 5.02 Å². The summed E-state index contributed by atoms with van der Waals surface area (Å²) in [6, 6.07) is 20.6. The predicted octanol–water partition coefficient (Wildman–Crippen LogP) is 4.88. The van der Waals surface area contributed by atoms with Crippen molar-refractivity contribution < 1.29 is 29.0 Å². The van der Waals surface area contributed by atoms with E-state index in [1.165, 1.54) is 31.3 Å². The molecule has 11 heteroatoms. The zero-order chi connectivity index (χ0) is 29.4. The second kappa shape index (κ2) is 10.8. The lowest BCUT2D eigenvalue weighted by atomic mass is 9.89. The second-order valence-corrected chi connectivity index (χ2v) is 10.9. The van der Waals surface area contributed by atoms with E-state index in [1.54, 1.807) is 30.0 Å². The van der Waals surface area contributed by atoms with Gasteiger partial charge in [0.25, 0.3) is 5.91 Å². The molecule has 4 amide bonds. The van der Waals surface area contributed by atoms with Crippen molar-refractivity contribution in [2.24, 2.45) is 0 Å². The quantitative estimate of drug-likeness (QED) is 0.384. The summed E-state index contributed by atoms with van der Waals surface area (Å²) in [5, 5.41) is 15.3. The van der Waals surface area contributed by atoms with E-state index >= 15 is 0 Å². The van der Waals surface area contributed by atoms with E-state index in [4.69, 9.17) is 16.3 Å². The van der Waals surface area contributed by atoms with Crippen molar-refractivity contribution in [2.45, 2.75) is 30.9 Å². The molecule has 0 bridgehead atoms. The molecule has 1 saturated heterocycles. The molecular formula is C30H29ClN4O6. The number of anilines is 2. The first-order valence-electron chi connectivity index (χ1n) is 13.0. The van der Waals surface area contributed by atoms with Crippen LogP contribution in [0.5, 0.6) is 0 Å². The third kappa shape index (κ3) is 5.55. The molecule has 212 valence electrons. The Morgan fingerprint density at radius 2 is 1.83 bits per heavy atom. The SMILES string of the molecule is CN(C(=O)O)c1ccc(C(=O)N[C@@](C)(Cc2ccccc2)C(=O)N2CCC3(C2)OC(=O)Nc2ccc(Cl)cc23)cc1. The Morgan fingerprint density at radius 3 is 2.51 bits per heavy atom. The van der Waals surface area contributed by atoms with E-state index in [1.807, 2.05) is 30.3 Å². The number of amides is 4. The second-order valence-electron chi connectivity index (χ2n) is 10.5. The monoisotopic (exact) mass is 576 g/mol. The average Bonchev–Trinajstić information content (AvgIpc) is 3.37. The van der Waals surface area contributed by atoms with Crippen LogP contribution in [-0.4, -0.2) is 59.7 Å². The van der Waals surface area contributed by atoms with Gasteiger partial charge in [-0.05, 0) is 55.0 Å². The smallest absolute Gasteiger partial charge is 0.412 e. The molecular weight excluding hydrogens is 548 g/mol. The Hall–Kier alpha value is -4.57. The van der Waals surface area contributed by atoms with Gasteiger partial charge in [-0.1, -0.05) is 41.9 Å². The molecule has 0 radical (unpaired) electrons. The van der Waals surface area contributed by atoms with Crippen molar-refractivity contribution >= 4 is 47.0 Å². The number of likely N-dealkylation sites (tertiary alicyclic amines) is 1. The summed E-state index contributed by atoms with van der Waals surface area (Å²) in [5.74, 6) is -0.812. The number of ether oxygens (including phenoxy) is 1. The van der Waals surface area contributed by atoms with Gasteiger partial charge in [0.2, 0.25) is 5.91 Å². The lowest BCUT2D eigenvalue weighted by Crippen LogP contribution is -2.59. The molecule has 2 heterocycles. The molecule has 5 rings (SSSR count). The molecule has 3 aromatic rings. The minimum Gasteiger partial charge on any atom is -0.465 e. The van der Waals surface area contributed by atoms with Crippen molar-refractivity contribution in [1.29, 1.82) is 0 Å². The number of halogens is 1. The fourth-order valence-corrected chi connectivity index (χ4v) is 5.60. The van der Waals surface area contributed by atoms with Crippen LogP contribution in [0.3, 0.4) is 0 Å². The number of nitrogens with one attached hydrogen (secondary N) is 2. The van der Waals surface area contributed by atoms with Crippen LogP contribution in [0.4, 0.5) is 21.0 Å². The first-order valence-corrected chi connectivity index (χ1v) is 13.4. The number of carboxylic acid groups (broad SMARTS) is 1. The van der Waals surface area contributed by atoms with Crippen LogP contribution in [0, 0.1) is 0 Å². The van der Waals surface area contributed by atoms with Gasteiger partial charge in [-0.3, -0.25) is 19.8 Å². The molecule has 0 saturated carbocycles. The highest BCUT2D eigenvalue weighted by Crippen LogP contribution is 2.44. The summed E-state index contributed by atoms with van der Waals surface area (Å²) in [6.07, 6.45) is -1.15. The molecule has 1 unspecified atom stereocenters. The Kier molecular flexibility index (Phi) is 7.35. The summed E-state index contributed by atoms with van der Waals surface area (Å²) >= 11 is 6.27. The molecule has 1 spiro atoms. The largest absolute Gasteiger partial charge is 0.465 e. The summed E-state index contributed by atoms with van der Waals surface area (Å²) in [6.45, 7) is 2.08. The van der Waals surface area contributed by atoms with Crippen LogP contribution in [0.15, 0.2) is 72.8 Å². The molecule has 3 N–H and O–H groups in total. The van der Waals surface area contributed by atoms with Crippen molar-refractivity contribution in [1.82, 2.24) is 10.2 Å². The standard InChI is InChI=1S/C30H29ClN4O6/c1-29(17-19-6-4-3-5-7-19,33-25(36)20-8-11-22(12-9-20)34(2)28(39)40)26(37)35-15-14-30(18-35)23-16-21(31)10-13-24(23)32-27(38)41-30/h3-13,16H,14-15,17-18H2,1-2H3,(H,32,38)(H,33,36)(H,39,40)/t29-,30?/m0/s1.